The average molecular weight is 197 g/mol. The van der Waals surface area contributed by atoms with Crippen molar-refractivity contribution in [1.29, 1.82) is 0 Å². The summed E-state index contributed by atoms with van der Waals surface area (Å²) in [6, 6.07) is 0. The monoisotopic (exact) mass is 197 g/mol. The second kappa shape index (κ2) is 5.03. The number of nitrogens with zero attached hydrogens (tertiary/aromatic N) is 1. The van der Waals surface area contributed by atoms with Crippen molar-refractivity contribution in [2.24, 2.45) is 0 Å². The van der Waals surface area contributed by atoms with Gasteiger partial charge in [-0.25, -0.2) is 4.79 Å². The molecule has 1 aliphatic heterocycles. The Kier molecular flexibility index (Phi) is 3.98. The van der Waals surface area contributed by atoms with E-state index in [9.17, 15) is 4.79 Å². The second-order valence-corrected chi connectivity index (χ2v) is 3.78. The Bertz CT molecular complexity index is 240. The number of hydrogen-bond acceptors (Lipinski definition) is 2. The van der Waals surface area contributed by atoms with E-state index in [-0.39, 0.29) is 0 Å². The SMILES string of the molecule is CC/C(=C(/C)C(=O)O)N1CCCCC1. The Morgan fingerprint density at radius 2 is 1.86 bits per heavy atom. The maximum Gasteiger partial charge on any atom is 0.333 e. The summed E-state index contributed by atoms with van der Waals surface area (Å²) in [5.41, 5.74) is 1.52. The molecule has 14 heavy (non-hydrogen) atoms. The minimum absolute atomic E-state index is 0.509. The van der Waals surface area contributed by atoms with Crippen molar-refractivity contribution in [2.45, 2.75) is 39.5 Å². The van der Waals surface area contributed by atoms with Gasteiger partial charge in [-0.05, 0) is 32.6 Å². The summed E-state index contributed by atoms with van der Waals surface area (Å²) in [4.78, 5) is 13.1. The molecule has 1 aliphatic rings. The van der Waals surface area contributed by atoms with Crippen LogP contribution in [-0.2, 0) is 4.79 Å². The molecule has 1 fully saturated rings. The fraction of sp³-hybridized carbons (Fsp3) is 0.727. The number of hydrogen-bond donors (Lipinski definition) is 1. The summed E-state index contributed by atoms with van der Waals surface area (Å²) in [5.74, 6) is -0.785. The van der Waals surface area contributed by atoms with Crippen LogP contribution in [0, 0.1) is 0 Å². The van der Waals surface area contributed by atoms with Crippen LogP contribution in [0.25, 0.3) is 0 Å². The Hall–Kier alpha value is -0.990. The van der Waals surface area contributed by atoms with Gasteiger partial charge in [0.2, 0.25) is 0 Å². The minimum atomic E-state index is -0.785. The zero-order valence-corrected chi connectivity index (χ0v) is 9.05. The zero-order valence-electron chi connectivity index (χ0n) is 9.05. The highest BCUT2D eigenvalue weighted by Gasteiger charge is 2.16. The molecular formula is C11H19NO2. The quantitative estimate of drug-likeness (QED) is 0.705. The summed E-state index contributed by atoms with van der Waals surface area (Å²) in [6.07, 6.45) is 4.48. The van der Waals surface area contributed by atoms with Crippen LogP contribution in [0.2, 0.25) is 0 Å². The van der Waals surface area contributed by atoms with E-state index in [1.54, 1.807) is 6.92 Å². The lowest BCUT2D eigenvalue weighted by atomic mass is 10.1. The number of carbonyl (C=O) groups is 1. The fourth-order valence-electron chi connectivity index (χ4n) is 2.01. The molecule has 0 unspecified atom stereocenters. The maximum absolute atomic E-state index is 10.9. The van der Waals surface area contributed by atoms with Gasteiger partial charge in [0, 0.05) is 18.8 Å². The van der Waals surface area contributed by atoms with Crippen molar-refractivity contribution >= 4 is 5.97 Å². The Morgan fingerprint density at radius 3 is 2.29 bits per heavy atom. The molecule has 0 aromatic rings. The summed E-state index contributed by atoms with van der Waals surface area (Å²) in [6.45, 7) is 5.77. The zero-order chi connectivity index (χ0) is 10.6. The van der Waals surface area contributed by atoms with E-state index in [2.05, 4.69) is 4.90 Å². The molecule has 0 aromatic carbocycles. The van der Waals surface area contributed by atoms with Gasteiger partial charge in [0.15, 0.2) is 0 Å². The van der Waals surface area contributed by atoms with Gasteiger partial charge in [0.25, 0.3) is 0 Å². The first-order chi connectivity index (χ1) is 6.66. The number of likely N-dealkylation sites (tertiary alicyclic amines) is 1. The molecule has 0 saturated carbocycles. The molecule has 1 heterocycles. The van der Waals surface area contributed by atoms with E-state index in [4.69, 9.17) is 5.11 Å². The van der Waals surface area contributed by atoms with E-state index in [0.717, 1.165) is 25.2 Å². The van der Waals surface area contributed by atoms with Crippen LogP contribution < -0.4 is 0 Å². The Morgan fingerprint density at radius 1 is 1.29 bits per heavy atom. The van der Waals surface area contributed by atoms with Crippen molar-refractivity contribution in [1.82, 2.24) is 4.90 Å². The van der Waals surface area contributed by atoms with Crippen molar-refractivity contribution in [3.05, 3.63) is 11.3 Å². The summed E-state index contributed by atoms with van der Waals surface area (Å²) < 4.78 is 0. The third-order valence-electron chi connectivity index (χ3n) is 2.83. The fourth-order valence-corrected chi connectivity index (χ4v) is 2.01. The van der Waals surface area contributed by atoms with Crippen molar-refractivity contribution < 1.29 is 9.90 Å². The molecule has 0 aliphatic carbocycles. The highest BCUT2D eigenvalue weighted by molar-refractivity contribution is 5.86. The topological polar surface area (TPSA) is 40.5 Å². The van der Waals surface area contributed by atoms with Gasteiger partial charge >= 0.3 is 5.97 Å². The van der Waals surface area contributed by atoms with Crippen molar-refractivity contribution in [3.8, 4) is 0 Å². The molecule has 0 atom stereocenters. The van der Waals surface area contributed by atoms with E-state index in [0.29, 0.717) is 5.57 Å². The van der Waals surface area contributed by atoms with Crippen LogP contribution in [0.3, 0.4) is 0 Å². The normalized spacial score (nSPS) is 19.1. The van der Waals surface area contributed by atoms with Crippen molar-refractivity contribution in [3.63, 3.8) is 0 Å². The van der Waals surface area contributed by atoms with E-state index in [1.165, 1.54) is 19.3 Å². The summed E-state index contributed by atoms with van der Waals surface area (Å²) in [7, 11) is 0. The maximum atomic E-state index is 10.9. The van der Waals surface area contributed by atoms with E-state index >= 15 is 0 Å². The lowest BCUT2D eigenvalue weighted by Crippen LogP contribution is -2.30. The van der Waals surface area contributed by atoms with Crippen LogP contribution in [0.5, 0.6) is 0 Å². The summed E-state index contributed by atoms with van der Waals surface area (Å²) >= 11 is 0. The van der Waals surface area contributed by atoms with Crippen molar-refractivity contribution in [2.75, 3.05) is 13.1 Å². The Labute approximate surface area is 85.4 Å². The average Bonchev–Trinajstić information content (AvgIpc) is 2.20. The standard InChI is InChI=1S/C11H19NO2/c1-3-10(9(2)11(13)14)12-7-5-4-6-8-12/h3-8H2,1-2H3,(H,13,14)/b10-9+. The molecule has 0 spiro atoms. The van der Waals surface area contributed by atoms with Crippen LogP contribution in [0.1, 0.15) is 39.5 Å². The lowest BCUT2D eigenvalue weighted by molar-refractivity contribution is -0.132. The van der Waals surface area contributed by atoms with E-state index in [1.807, 2.05) is 6.92 Å². The van der Waals surface area contributed by atoms with Gasteiger partial charge in [0.1, 0.15) is 0 Å². The number of carboxylic acids is 1. The highest BCUT2D eigenvalue weighted by Crippen LogP contribution is 2.20. The van der Waals surface area contributed by atoms with Crippen LogP contribution >= 0.6 is 0 Å². The first-order valence-corrected chi connectivity index (χ1v) is 5.34. The number of piperidine rings is 1. The lowest BCUT2D eigenvalue weighted by Gasteiger charge is -2.31. The Balaban J connectivity index is 2.78. The number of rotatable bonds is 3. The molecule has 0 radical (unpaired) electrons. The van der Waals surface area contributed by atoms with Gasteiger partial charge in [-0.1, -0.05) is 6.92 Å². The van der Waals surface area contributed by atoms with Crippen LogP contribution in [0.4, 0.5) is 0 Å². The van der Waals surface area contributed by atoms with Gasteiger partial charge in [-0.3, -0.25) is 0 Å². The number of aliphatic carboxylic acids is 1. The molecule has 0 amide bonds. The smallest absolute Gasteiger partial charge is 0.333 e. The molecule has 1 rings (SSSR count). The first kappa shape index (κ1) is 11.1. The predicted molar refractivity (Wildman–Crippen MR) is 56.1 cm³/mol. The number of carboxylic acid groups (broad SMARTS) is 1. The third-order valence-corrected chi connectivity index (χ3v) is 2.83. The van der Waals surface area contributed by atoms with Gasteiger partial charge in [0.05, 0.1) is 5.57 Å². The van der Waals surface area contributed by atoms with Gasteiger partial charge < -0.3 is 10.0 Å². The predicted octanol–water partition coefficient (Wildman–Crippen LogP) is 2.24. The van der Waals surface area contributed by atoms with Gasteiger partial charge in [-0.2, -0.15) is 0 Å². The highest BCUT2D eigenvalue weighted by atomic mass is 16.4. The molecule has 0 bridgehead atoms. The van der Waals surface area contributed by atoms with Crippen LogP contribution in [0.15, 0.2) is 11.3 Å². The molecular weight excluding hydrogens is 178 g/mol. The number of allylic oxidation sites excluding steroid dienone is 1. The largest absolute Gasteiger partial charge is 0.478 e. The summed E-state index contributed by atoms with van der Waals surface area (Å²) in [5, 5.41) is 8.93. The van der Waals surface area contributed by atoms with Gasteiger partial charge in [-0.15, -0.1) is 0 Å². The second-order valence-electron chi connectivity index (χ2n) is 3.78. The minimum Gasteiger partial charge on any atom is -0.478 e. The molecule has 3 heteroatoms. The third kappa shape index (κ3) is 2.50. The molecule has 80 valence electrons. The molecule has 1 N–H and O–H groups in total. The molecule has 3 nitrogen and oxygen atoms in total. The molecule has 0 aromatic heterocycles. The first-order valence-electron chi connectivity index (χ1n) is 5.34. The van der Waals surface area contributed by atoms with Crippen LogP contribution in [-0.4, -0.2) is 29.1 Å². The van der Waals surface area contributed by atoms with E-state index < -0.39 is 5.97 Å². The molecule has 1 saturated heterocycles.